The third kappa shape index (κ3) is 3.49. The van der Waals surface area contributed by atoms with Gasteiger partial charge in [-0.15, -0.1) is 0 Å². The van der Waals surface area contributed by atoms with E-state index in [4.69, 9.17) is 5.73 Å². The number of non-ortho nitro benzene ring substituents is 1. The Labute approximate surface area is 123 Å². The third-order valence-corrected chi connectivity index (χ3v) is 3.75. The number of carbonyl (C=O) groups excluding carboxylic acids is 1. The fourth-order valence-corrected chi connectivity index (χ4v) is 2.40. The van der Waals surface area contributed by atoms with E-state index in [0.717, 1.165) is 5.69 Å². The number of hydrogen-bond donors (Lipinski definition) is 1. The van der Waals surface area contributed by atoms with Crippen LogP contribution in [0.1, 0.15) is 13.3 Å². The minimum Gasteiger partial charge on any atom is -0.368 e. The first kappa shape index (κ1) is 15.2. The third-order valence-electron chi connectivity index (χ3n) is 3.75. The van der Waals surface area contributed by atoms with Gasteiger partial charge in [0.25, 0.3) is 5.69 Å². The second kappa shape index (κ2) is 6.53. The molecule has 0 saturated carbocycles. The van der Waals surface area contributed by atoms with E-state index in [1.807, 2.05) is 17.9 Å². The van der Waals surface area contributed by atoms with Crippen LogP contribution in [-0.4, -0.2) is 48.0 Å². The monoisotopic (exact) mass is 292 g/mol. The molecule has 1 saturated heterocycles. The van der Waals surface area contributed by atoms with Gasteiger partial charge in [0.05, 0.1) is 11.0 Å². The number of nitrogens with zero attached hydrogens (tertiary/aromatic N) is 3. The summed E-state index contributed by atoms with van der Waals surface area (Å²) in [5.41, 5.74) is 6.66. The summed E-state index contributed by atoms with van der Waals surface area (Å²) >= 11 is 0. The standard InChI is InChI=1S/C14H20N4O3/c1-2-13(15)14(19)17-8-6-16(7-9-17)11-4-3-5-12(10-11)18(20)21/h3-5,10,13H,2,6-9,15H2,1H3. The van der Waals surface area contributed by atoms with Crippen molar-refractivity contribution in [2.24, 2.45) is 5.73 Å². The fraction of sp³-hybridized carbons (Fsp3) is 0.500. The average Bonchev–Trinajstić information content (AvgIpc) is 2.53. The number of carbonyl (C=O) groups is 1. The Hall–Kier alpha value is -2.15. The van der Waals surface area contributed by atoms with Crippen molar-refractivity contribution >= 4 is 17.3 Å². The van der Waals surface area contributed by atoms with Crippen LogP contribution < -0.4 is 10.6 Å². The van der Waals surface area contributed by atoms with Gasteiger partial charge >= 0.3 is 0 Å². The molecule has 2 N–H and O–H groups in total. The predicted molar refractivity (Wildman–Crippen MR) is 80.2 cm³/mol. The van der Waals surface area contributed by atoms with Crippen molar-refractivity contribution in [1.82, 2.24) is 4.90 Å². The van der Waals surface area contributed by atoms with Crippen LogP contribution in [0.15, 0.2) is 24.3 Å². The minimum atomic E-state index is -0.436. The molecule has 1 aromatic carbocycles. The summed E-state index contributed by atoms with van der Waals surface area (Å²) in [6.07, 6.45) is 0.629. The molecule has 1 aromatic rings. The summed E-state index contributed by atoms with van der Waals surface area (Å²) in [6.45, 7) is 4.39. The molecule has 21 heavy (non-hydrogen) atoms. The number of benzene rings is 1. The molecule has 1 amide bonds. The molecule has 1 fully saturated rings. The van der Waals surface area contributed by atoms with Gasteiger partial charge in [0, 0.05) is 44.0 Å². The number of nitro groups is 1. The van der Waals surface area contributed by atoms with Gasteiger partial charge in [0.2, 0.25) is 5.91 Å². The van der Waals surface area contributed by atoms with Gasteiger partial charge in [-0.05, 0) is 12.5 Å². The van der Waals surface area contributed by atoms with Crippen molar-refractivity contribution < 1.29 is 9.72 Å². The molecule has 0 bridgehead atoms. The molecule has 7 nitrogen and oxygen atoms in total. The van der Waals surface area contributed by atoms with Gasteiger partial charge in [0.15, 0.2) is 0 Å². The maximum atomic E-state index is 12.0. The molecule has 0 spiro atoms. The Kier molecular flexibility index (Phi) is 4.74. The lowest BCUT2D eigenvalue weighted by Crippen LogP contribution is -2.53. The van der Waals surface area contributed by atoms with Crippen LogP contribution in [0.3, 0.4) is 0 Å². The zero-order chi connectivity index (χ0) is 15.4. The predicted octanol–water partition coefficient (Wildman–Crippen LogP) is 0.981. The van der Waals surface area contributed by atoms with Crippen LogP contribution in [-0.2, 0) is 4.79 Å². The topological polar surface area (TPSA) is 92.7 Å². The number of hydrogen-bond acceptors (Lipinski definition) is 5. The van der Waals surface area contributed by atoms with Crippen molar-refractivity contribution in [3.63, 3.8) is 0 Å². The van der Waals surface area contributed by atoms with Crippen LogP contribution >= 0.6 is 0 Å². The van der Waals surface area contributed by atoms with E-state index >= 15 is 0 Å². The van der Waals surface area contributed by atoms with Crippen molar-refractivity contribution in [3.05, 3.63) is 34.4 Å². The Morgan fingerprint density at radius 3 is 2.62 bits per heavy atom. The summed E-state index contributed by atoms with van der Waals surface area (Å²) < 4.78 is 0. The van der Waals surface area contributed by atoms with E-state index in [-0.39, 0.29) is 11.6 Å². The first-order valence-corrected chi connectivity index (χ1v) is 7.06. The Morgan fingerprint density at radius 2 is 2.05 bits per heavy atom. The van der Waals surface area contributed by atoms with Gasteiger partial charge < -0.3 is 15.5 Å². The van der Waals surface area contributed by atoms with E-state index in [1.165, 1.54) is 6.07 Å². The summed E-state index contributed by atoms with van der Waals surface area (Å²) in [5, 5.41) is 10.8. The molecular formula is C14H20N4O3. The molecule has 1 heterocycles. The molecule has 0 radical (unpaired) electrons. The van der Waals surface area contributed by atoms with E-state index in [0.29, 0.717) is 32.6 Å². The highest BCUT2D eigenvalue weighted by molar-refractivity contribution is 5.81. The van der Waals surface area contributed by atoms with Gasteiger partial charge in [-0.25, -0.2) is 0 Å². The number of nitrogens with two attached hydrogens (primary N) is 1. The van der Waals surface area contributed by atoms with Gasteiger partial charge in [-0.3, -0.25) is 14.9 Å². The lowest BCUT2D eigenvalue weighted by atomic mass is 10.2. The zero-order valence-electron chi connectivity index (χ0n) is 12.1. The average molecular weight is 292 g/mol. The lowest BCUT2D eigenvalue weighted by Gasteiger charge is -2.37. The largest absolute Gasteiger partial charge is 0.368 e. The second-order valence-corrected chi connectivity index (χ2v) is 5.10. The first-order valence-electron chi connectivity index (χ1n) is 7.06. The molecule has 1 aliphatic rings. The highest BCUT2D eigenvalue weighted by Crippen LogP contribution is 2.22. The number of rotatable bonds is 4. The van der Waals surface area contributed by atoms with E-state index in [1.54, 1.807) is 17.0 Å². The zero-order valence-corrected chi connectivity index (χ0v) is 12.1. The summed E-state index contributed by atoms with van der Waals surface area (Å²) in [5.74, 6) is -0.0174. The van der Waals surface area contributed by atoms with Crippen LogP contribution in [0.5, 0.6) is 0 Å². The van der Waals surface area contributed by atoms with E-state index < -0.39 is 11.0 Å². The van der Waals surface area contributed by atoms with Crippen LogP contribution in [0.4, 0.5) is 11.4 Å². The van der Waals surface area contributed by atoms with Crippen LogP contribution in [0, 0.1) is 10.1 Å². The maximum absolute atomic E-state index is 12.0. The lowest BCUT2D eigenvalue weighted by molar-refractivity contribution is -0.384. The van der Waals surface area contributed by atoms with Crippen molar-refractivity contribution in [2.45, 2.75) is 19.4 Å². The smallest absolute Gasteiger partial charge is 0.271 e. The van der Waals surface area contributed by atoms with E-state index in [2.05, 4.69) is 0 Å². The summed E-state index contributed by atoms with van der Waals surface area (Å²) in [7, 11) is 0. The number of anilines is 1. The highest BCUT2D eigenvalue weighted by atomic mass is 16.6. The first-order chi connectivity index (χ1) is 10.0. The Balaban J connectivity index is 1.99. The van der Waals surface area contributed by atoms with Crippen LogP contribution in [0.2, 0.25) is 0 Å². The maximum Gasteiger partial charge on any atom is 0.271 e. The number of piperazine rings is 1. The molecule has 114 valence electrons. The highest BCUT2D eigenvalue weighted by Gasteiger charge is 2.24. The molecule has 1 unspecified atom stereocenters. The SMILES string of the molecule is CCC(N)C(=O)N1CCN(c2cccc([N+](=O)[O-])c2)CC1. The molecule has 1 aliphatic heterocycles. The van der Waals surface area contributed by atoms with Crippen LogP contribution in [0.25, 0.3) is 0 Å². The number of amides is 1. The van der Waals surface area contributed by atoms with Gasteiger partial charge in [0.1, 0.15) is 0 Å². The fourth-order valence-electron chi connectivity index (χ4n) is 2.40. The molecule has 2 rings (SSSR count). The molecule has 0 aromatic heterocycles. The normalized spacial score (nSPS) is 16.7. The molecule has 1 atom stereocenters. The van der Waals surface area contributed by atoms with Gasteiger partial charge in [-0.1, -0.05) is 13.0 Å². The van der Waals surface area contributed by atoms with Gasteiger partial charge in [-0.2, -0.15) is 0 Å². The Morgan fingerprint density at radius 1 is 1.38 bits per heavy atom. The Bertz CT molecular complexity index is 527. The van der Waals surface area contributed by atoms with Crippen molar-refractivity contribution in [1.29, 1.82) is 0 Å². The molecule has 7 heteroatoms. The second-order valence-electron chi connectivity index (χ2n) is 5.10. The quantitative estimate of drug-likeness (QED) is 0.659. The van der Waals surface area contributed by atoms with E-state index in [9.17, 15) is 14.9 Å². The molecule has 0 aliphatic carbocycles. The summed E-state index contributed by atoms with van der Waals surface area (Å²) in [4.78, 5) is 26.2. The van der Waals surface area contributed by atoms with Crippen molar-refractivity contribution in [3.8, 4) is 0 Å². The molecular weight excluding hydrogens is 272 g/mol. The summed E-state index contributed by atoms with van der Waals surface area (Å²) in [6, 6.07) is 6.13. The van der Waals surface area contributed by atoms with Crippen molar-refractivity contribution in [2.75, 3.05) is 31.1 Å². The minimum absolute atomic E-state index is 0.0174. The number of nitro benzene ring substituents is 1.